The first kappa shape index (κ1) is 23.4. The first-order chi connectivity index (χ1) is 15.9. The molecule has 2 aliphatic heterocycles. The third-order valence-corrected chi connectivity index (χ3v) is 7.55. The molecule has 2 aromatic carbocycles. The van der Waals surface area contributed by atoms with Crippen molar-refractivity contribution in [1.82, 2.24) is 4.72 Å². The number of aryl methyl sites for hydroxylation is 1. The van der Waals surface area contributed by atoms with Crippen LogP contribution in [0.4, 0.5) is 11.4 Å². The summed E-state index contributed by atoms with van der Waals surface area (Å²) in [6, 6.07) is 13.8. The monoisotopic (exact) mass is 471 g/mol. The van der Waals surface area contributed by atoms with Crippen molar-refractivity contribution in [3.05, 3.63) is 54.1 Å². The normalized spacial score (nSPS) is 20.9. The molecule has 33 heavy (non-hydrogen) atoms. The summed E-state index contributed by atoms with van der Waals surface area (Å²) < 4.78 is 33.0. The van der Waals surface area contributed by atoms with Crippen LogP contribution < -0.4 is 14.9 Å². The van der Waals surface area contributed by atoms with Gasteiger partial charge in [0.15, 0.2) is 0 Å². The zero-order valence-electron chi connectivity index (χ0n) is 18.6. The predicted octanol–water partition coefficient (Wildman–Crippen LogP) is 2.70. The van der Waals surface area contributed by atoms with Gasteiger partial charge in [-0.3, -0.25) is 9.59 Å². The SMILES string of the molecule is CCc1ccc(N2C[C@H](C(=O)Nc3ccc(S(=O)(=O)NC[C@H]4CCCO4)cc3)CC2=O)cc1. The summed E-state index contributed by atoms with van der Waals surface area (Å²) in [7, 11) is -3.65. The van der Waals surface area contributed by atoms with Crippen LogP contribution in [0.1, 0.15) is 31.7 Å². The van der Waals surface area contributed by atoms with Crippen molar-refractivity contribution in [2.45, 2.75) is 43.6 Å². The Morgan fingerprint density at radius 1 is 1.12 bits per heavy atom. The number of hydrogen-bond acceptors (Lipinski definition) is 5. The minimum absolute atomic E-state index is 0.0850. The largest absolute Gasteiger partial charge is 0.377 e. The van der Waals surface area contributed by atoms with Gasteiger partial charge in [0, 0.05) is 37.5 Å². The van der Waals surface area contributed by atoms with Crippen LogP contribution in [0, 0.1) is 5.92 Å². The molecule has 2 saturated heterocycles. The molecule has 8 nitrogen and oxygen atoms in total. The van der Waals surface area contributed by atoms with Crippen LogP contribution in [0.5, 0.6) is 0 Å². The quantitative estimate of drug-likeness (QED) is 0.616. The van der Waals surface area contributed by atoms with Crippen LogP contribution in [-0.2, 0) is 30.8 Å². The molecule has 2 atom stereocenters. The molecule has 0 unspecified atom stereocenters. The molecule has 176 valence electrons. The van der Waals surface area contributed by atoms with Crippen LogP contribution in [0.15, 0.2) is 53.4 Å². The van der Waals surface area contributed by atoms with Crippen molar-refractivity contribution >= 4 is 33.2 Å². The molecule has 2 aliphatic rings. The fourth-order valence-electron chi connectivity index (χ4n) is 4.10. The summed E-state index contributed by atoms with van der Waals surface area (Å²) in [6.45, 7) is 3.29. The zero-order chi connectivity index (χ0) is 23.4. The lowest BCUT2D eigenvalue weighted by Gasteiger charge is -2.17. The number of sulfonamides is 1. The van der Waals surface area contributed by atoms with E-state index in [4.69, 9.17) is 4.74 Å². The van der Waals surface area contributed by atoms with E-state index in [1.807, 2.05) is 24.3 Å². The van der Waals surface area contributed by atoms with Crippen molar-refractivity contribution in [2.75, 3.05) is 29.9 Å². The fourth-order valence-corrected chi connectivity index (χ4v) is 5.16. The number of benzene rings is 2. The molecule has 2 heterocycles. The molecule has 0 bridgehead atoms. The Labute approximate surface area is 194 Å². The van der Waals surface area contributed by atoms with E-state index in [2.05, 4.69) is 17.0 Å². The molecule has 2 amide bonds. The number of nitrogens with zero attached hydrogens (tertiary/aromatic N) is 1. The first-order valence-corrected chi connectivity index (χ1v) is 12.8. The molecule has 0 aliphatic carbocycles. The molecule has 0 aromatic heterocycles. The summed E-state index contributed by atoms with van der Waals surface area (Å²) >= 11 is 0. The summed E-state index contributed by atoms with van der Waals surface area (Å²) in [6.07, 6.45) is 2.76. The highest BCUT2D eigenvalue weighted by Crippen LogP contribution is 2.27. The van der Waals surface area contributed by atoms with Gasteiger partial charge in [0.05, 0.1) is 16.9 Å². The second-order valence-corrected chi connectivity index (χ2v) is 10.2. The molecule has 9 heteroatoms. The highest BCUT2D eigenvalue weighted by Gasteiger charge is 2.35. The zero-order valence-corrected chi connectivity index (χ0v) is 19.4. The molecule has 0 spiro atoms. The molecule has 2 N–H and O–H groups in total. The van der Waals surface area contributed by atoms with Crippen molar-refractivity contribution in [3.63, 3.8) is 0 Å². The Morgan fingerprint density at radius 2 is 1.85 bits per heavy atom. The maximum absolute atomic E-state index is 12.7. The van der Waals surface area contributed by atoms with Crippen LogP contribution >= 0.6 is 0 Å². The van der Waals surface area contributed by atoms with Gasteiger partial charge < -0.3 is 15.0 Å². The Bertz CT molecular complexity index is 1090. The van der Waals surface area contributed by atoms with Gasteiger partial charge in [0.1, 0.15) is 0 Å². The van der Waals surface area contributed by atoms with Crippen LogP contribution in [0.25, 0.3) is 0 Å². The fraction of sp³-hybridized carbons (Fsp3) is 0.417. The van der Waals surface area contributed by atoms with Crippen molar-refractivity contribution in [1.29, 1.82) is 0 Å². The molecule has 2 fully saturated rings. The van der Waals surface area contributed by atoms with Gasteiger partial charge in [-0.2, -0.15) is 0 Å². The minimum Gasteiger partial charge on any atom is -0.377 e. The third-order valence-electron chi connectivity index (χ3n) is 6.11. The van der Waals surface area contributed by atoms with Gasteiger partial charge in [0.2, 0.25) is 21.8 Å². The Kier molecular flexibility index (Phi) is 7.11. The number of amides is 2. The van der Waals surface area contributed by atoms with E-state index in [9.17, 15) is 18.0 Å². The van der Waals surface area contributed by atoms with Crippen molar-refractivity contribution in [3.8, 4) is 0 Å². The number of nitrogens with one attached hydrogen (secondary N) is 2. The van der Waals surface area contributed by atoms with E-state index in [0.717, 1.165) is 24.9 Å². The van der Waals surface area contributed by atoms with Crippen LogP contribution in [0.2, 0.25) is 0 Å². The van der Waals surface area contributed by atoms with E-state index in [-0.39, 0.29) is 35.8 Å². The summed E-state index contributed by atoms with van der Waals surface area (Å²) in [5, 5.41) is 2.80. The van der Waals surface area contributed by atoms with E-state index in [1.54, 1.807) is 17.0 Å². The van der Waals surface area contributed by atoms with Crippen molar-refractivity contribution in [2.24, 2.45) is 5.92 Å². The summed E-state index contributed by atoms with van der Waals surface area (Å²) in [5.41, 5.74) is 2.46. The lowest BCUT2D eigenvalue weighted by molar-refractivity contribution is -0.122. The van der Waals surface area contributed by atoms with Gasteiger partial charge in [-0.25, -0.2) is 13.1 Å². The number of anilines is 2. The number of ether oxygens (including phenoxy) is 1. The maximum Gasteiger partial charge on any atom is 0.240 e. The lowest BCUT2D eigenvalue weighted by Crippen LogP contribution is -2.31. The van der Waals surface area contributed by atoms with Crippen LogP contribution in [-0.4, -0.2) is 46.0 Å². The van der Waals surface area contributed by atoms with E-state index >= 15 is 0 Å². The average molecular weight is 472 g/mol. The molecule has 2 aromatic rings. The van der Waals surface area contributed by atoms with Gasteiger partial charge in [-0.05, 0) is 61.2 Å². The molecule has 0 radical (unpaired) electrons. The minimum atomic E-state index is -3.65. The Hall–Kier alpha value is -2.75. The second-order valence-electron chi connectivity index (χ2n) is 8.43. The smallest absolute Gasteiger partial charge is 0.240 e. The van der Waals surface area contributed by atoms with Crippen LogP contribution in [0.3, 0.4) is 0 Å². The highest BCUT2D eigenvalue weighted by atomic mass is 32.2. The first-order valence-electron chi connectivity index (χ1n) is 11.3. The Morgan fingerprint density at radius 3 is 2.48 bits per heavy atom. The second kappa shape index (κ2) is 10.0. The van der Waals surface area contributed by atoms with Gasteiger partial charge >= 0.3 is 0 Å². The molecular weight excluding hydrogens is 442 g/mol. The van der Waals surface area contributed by atoms with E-state index in [1.165, 1.54) is 17.7 Å². The number of hydrogen-bond donors (Lipinski definition) is 2. The topological polar surface area (TPSA) is 105 Å². The standard InChI is InChI=1S/C24H29N3O5S/c1-2-17-5-9-20(10-6-17)27-16-18(14-23(27)28)24(29)26-19-7-11-22(12-8-19)33(30,31)25-15-21-4-3-13-32-21/h5-12,18,21,25H,2-4,13-16H2,1H3,(H,26,29)/t18-,21-/m1/s1. The lowest BCUT2D eigenvalue weighted by atomic mass is 10.1. The number of carbonyl (C=O) groups excluding carboxylic acids is 2. The van der Waals surface area contributed by atoms with Gasteiger partial charge in [0.25, 0.3) is 0 Å². The van der Waals surface area contributed by atoms with E-state index < -0.39 is 15.9 Å². The molecular formula is C24H29N3O5S. The van der Waals surface area contributed by atoms with Gasteiger partial charge in [-0.1, -0.05) is 19.1 Å². The highest BCUT2D eigenvalue weighted by molar-refractivity contribution is 7.89. The average Bonchev–Trinajstić information content (AvgIpc) is 3.48. The third kappa shape index (κ3) is 5.61. The summed E-state index contributed by atoms with van der Waals surface area (Å²) in [5.74, 6) is -0.818. The summed E-state index contributed by atoms with van der Waals surface area (Å²) in [4.78, 5) is 27.0. The Balaban J connectivity index is 1.34. The number of carbonyl (C=O) groups is 2. The molecule has 4 rings (SSSR count). The van der Waals surface area contributed by atoms with E-state index in [0.29, 0.717) is 18.8 Å². The van der Waals surface area contributed by atoms with Gasteiger partial charge in [-0.15, -0.1) is 0 Å². The molecule has 0 saturated carbocycles. The van der Waals surface area contributed by atoms with Crippen molar-refractivity contribution < 1.29 is 22.7 Å². The predicted molar refractivity (Wildman–Crippen MR) is 126 cm³/mol. The number of rotatable bonds is 8. The maximum atomic E-state index is 12.7.